The molecule has 148 valence electrons. The second-order valence-corrected chi connectivity index (χ2v) is 7.28. The number of imide groups is 1. The van der Waals surface area contributed by atoms with E-state index in [0.29, 0.717) is 5.69 Å². The molecule has 1 aromatic heterocycles. The largest absolute Gasteiger partial charge is 0.748 e. The van der Waals surface area contributed by atoms with Crippen LogP contribution < -0.4 is 16.3 Å². The molecule has 3 N–H and O–H groups in total. The van der Waals surface area contributed by atoms with E-state index in [1.807, 2.05) is 0 Å². The monoisotopic (exact) mass is 407 g/mol. The molecule has 12 nitrogen and oxygen atoms in total. The van der Waals surface area contributed by atoms with E-state index in [-0.39, 0.29) is 42.0 Å². The predicted molar refractivity (Wildman–Crippen MR) is 96.5 cm³/mol. The minimum atomic E-state index is -4.42. The third kappa shape index (κ3) is 4.15. The normalized spacial score (nSPS) is 13.6. The van der Waals surface area contributed by atoms with Gasteiger partial charge in [0.15, 0.2) is 0 Å². The van der Waals surface area contributed by atoms with Crippen LogP contribution in [0.5, 0.6) is 0 Å². The Hall–Kier alpha value is -3.32. The summed E-state index contributed by atoms with van der Waals surface area (Å²) >= 11 is 0. The van der Waals surface area contributed by atoms with Crippen molar-refractivity contribution in [1.82, 2.24) is 19.9 Å². The van der Waals surface area contributed by atoms with Gasteiger partial charge in [-0.1, -0.05) is 0 Å². The highest BCUT2D eigenvalue weighted by atomic mass is 32.2. The molecule has 0 saturated heterocycles. The van der Waals surface area contributed by atoms with E-state index in [0.717, 1.165) is 4.90 Å². The van der Waals surface area contributed by atoms with Gasteiger partial charge in [0.1, 0.15) is 0 Å². The van der Waals surface area contributed by atoms with Crippen LogP contribution in [0.4, 0.5) is 17.6 Å². The van der Waals surface area contributed by atoms with Crippen molar-refractivity contribution in [2.75, 3.05) is 29.5 Å². The molecule has 0 unspecified atom stereocenters. The van der Waals surface area contributed by atoms with Crippen LogP contribution in [-0.4, -0.2) is 63.5 Å². The van der Waals surface area contributed by atoms with Crippen molar-refractivity contribution in [3.8, 4) is 0 Å². The maximum absolute atomic E-state index is 12.3. The van der Waals surface area contributed by atoms with Crippen molar-refractivity contribution >= 4 is 39.5 Å². The van der Waals surface area contributed by atoms with Gasteiger partial charge in [0.25, 0.3) is 11.8 Å². The fraction of sp³-hybridized carbons (Fsp3) is 0.267. The smallest absolute Gasteiger partial charge is 0.351 e. The van der Waals surface area contributed by atoms with Gasteiger partial charge < -0.3 is 15.2 Å². The lowest BCUT2D eigenvalue weighted by Crippen LogP contribution is -2.29. The molecule has 2 aromatic rings. The number of aromatic nitrogens is 3. The van der Waals surface area contributed by atoms with Crippen LogP contribution in [0.25, 0.3) is 0 Å². The number of hydrogen-bond donors (Lipinski definition) is 3. The van der Waals surface area contributed by atoms with Crippen LogP contribution in [0.2, 0.25) is 0 Å². The SMILES string of the molecule is CCN1C(=O)c2ccc(Nc3nc(NCCS(=O)(=O)[O-])nc(=O)[nH]3)cc2C1=O. The predicted octanol–water partition coefficient (Wildman–Crippen LogP) is -0.518. The number of rotatable bonds is 7. The van der Waals surface area contributed by atoms with E-state index < -0.39 is 27.5 Å². The van der Waals surface area contributed by atoms with Gasteiger partial charge >= 0.3 is 5.69 Å². The summed E-state index contributed by atoms with van der Waals surface area (Å²) in [5, 5.41) is 5.25. The van der Waals surface area contributed by atoms with Crippen LogP contribution in [0.3, 0.4) is 0 Å². The van der Waals surface area contributed by atoms with E-state index in [9.17, 15) is 27.4 Å². The Morgan fingerprint density at radius 2 is 1.86 bits per heavy atom. The van der Waals surface area contributed by atoms with Crippen LogP contribution >= 0.6 is 0 Å². The average Bonchev–Trinajstić information content (AvgIpc) is 2.83. The van der Waals surface area contributed by atoms with Crippen LogP contribution in [0.1, 0.15) is 27.6 Å². The number of amides is 2. The molecular weight excluding hydrogens is 392 g/mol. The molecule has 1 aliphatic rings. The van der Waals surface area contributed by atoms with E-state index in [1.54, 1.807) is 13.0 Å². The standard InChI is InChI=1S/C15H16N6O6S/c1-2-21-11(22)9-4-3-8(7-10(9)12(21)23)17-14-18-13(19-15(24)20-14)16-5-6-28(25,26)27/h3-4,7H,2,5-6H2,1H3,(H,25,26,27)(H3,16,17,18,19,20,24)/p-1. The van der Waals surface area contributed by atoms with E-state index >= 15 is 0 Å². The lowest BCUT2D eigenvalue weighted by Gasteiger charge is -2.10. The molecule has 3 rings (SSSR count). The molecule has 13 heteroatoms. The molecule has 0 radical (unpaired) electrons. The van der Waals surface area contributed by atoms with Gasteiger partial charge in [0, 0.05) is 18.8 Å². The first-order chi connectivity index (χ1) is 13.2. The Morgan fingerprint density at radius 3 is 2.54 bits per heavy atom. The Balaban J connectivity index is 1.80. The summed E-state index contributed by atoms with van der Waals surface area (Å²) in [4.78, 5) is 47.0. The van der Waals surface area contributed by atoms with Crippen molar-refractivity contribution in [3.05, 3.63) is 39.8 Å². The van der Waals surface area contributed by atoms with E-state index in [4.69, 9.17) is 0 Å². The van der Waals surface area contributed by atoms with Gasteiger partial charge in [0.05, 0.1) is 27.0 Å². The highest BCUT2D eigenvalue weighted by molar-refractivity contribution is 7.85. The number of nitrogens with zero attached hydrogens (tertiary/aromatic N) is 3. The van der Waals surface area contributed by atoms with Crippen molar-refractivity contribution < 1.29 is 22.6 Å². The summed E-state index contributed by atoms with van der Waals surface area (Å²) in [5.74, 6) is -1.69. The molecule has 28 heavy (non-hydrogen) atoms. The average molecular weight is 407 g/mol. The molecule has 0 bridgehead atoms. The highest BCUT2D eigenvalue weighted by Crippen LogP contribution is 2.26. The summed E-state index contributed by atoms with van der Waals surface area (Å²) in [7, 11) is -4.42. The number of fused-ring (bicyclic) bond motifs is 1. The number of carbonyl (C=O) groups excluding carboxylic acids is 2. The Morgan fingerprint density at radius 1 is 1.14 bits per heavy atom. The summed E-state index contributed by atoms with van der Waals surface area (Å²) < 4.78 is 31.8. The van der Waals surface area contributed by atoms with Crippen LogP contribution in [0, 0.1) is 0 Å². The second kappa shape index (κ2) is 7.36. The molecular formula is C15H15N6O6S-. The van der Waals surface area contributed by atoms with Gasteiger partial charge in [-0.05, 0) is 25.1 Å². The molecule has 0 saturated carbocycles. The molecule has 2 heterocycles. The maximum Gasteiger partial charge on any atom is 0.351 e. The number of anilines is 3. The van der Waals surface area contributed by atoms with Gasteiger partial charge in [0.2, 0.25) is 11.9 Å². The van der Waals surface area contributed by atoms with Crippen LogP contribution in [-0.2, 0) is 10.1 Å². The minimum Gasteiger partial charge on any atom is -0.748 e. The summed E-state index contributed by atoms with van der Waals surface area (Å²) in [5.41, 5.74) is 0.136. The topological polar surface area (TPSA) is 177 Å². The second-order valence-electron chi connectivity index (χ2n) is 5.75. The van der Waals surface area contributed by atoms with Crippen molar-refractivity contribution in [3.63, 3.8) is 0 Å². The van der Waals surface area contributed by atoms with Gasteiger partial charge in [-0.3, -0.25) is 19.5 Å². The summed E-state index contributed by atoms with van der Waals surface area (Å²) in [6.45, 7) is 1.68. The zero-order valence-electron chi connectivity index (χ0n) is 14.6. The maximum atomic E-state index is 12.3. The number of nitrogens with one attached hydrogen (secondary N) is 3. The number of benzene rings is 1. The Kier molecular flexibility index (Phi) is 5.11. The summed E-state index contributed by atoms with van der Waals surface area (Å²) in [6.07, 6.45) is 0. The first-order valence-electron chi connectivity index (χ1n) is 8.11. The van der Waals surface area contributed by atoms with Crippen molar-refractivity contribution in [2.45, 2.75) is 6.92 Å². The lowest BCUT2D eigenvalue weighted by molar-refractivity contribution is 0.0663. The Bertz CT molecular complexity index is 1110. The number of carbonyl (C=O) groups is 2. The van der Waals surface area contributed by atoms with E-state index in [2.05, 4.69) is 25.6 Å². The Labute approximate surface area is 158 Å². The number of H-pyrrole nitrogens is 1. The fourth-order valence-corrected chi connectivity index (χ4v) is 2.95. The lowest BCUT2D eigenvalue weighted by atomic mass is 10.1. The third-order valence-electron chi connectivity index (χ3n) is 3.84. The zero-order chi connectivity index (χ0) is 20.5. The van der Waals surface area contributed by atoms with E-state index in [1.165, 1.54) is 12.1 Å². The molecule has 0 spiro atoms. The molecule has 0 atom stereocenters. The summed E-state index contributed by atoms with van der Waals surface area (Å²) in [6, 6.07) is 4.49. The third-order valence-corrected chi connectivity index (χ3v) is 4.54. The molecule has 1 aromatic carbocycles. The molecule has 0 fully saturated rings. The zero-order valence-corrected chi connectivity index (χ0v) is 15.4. The highest BCUT2D eigenvalue weighted by Gasteiger charge is 2.34. The molecule has 2 amide bonds. The van der Waals surface area contributed by atoms with Gasteiger partial charge in [-0.25, -0.2) is 13.2 Å². The number of aromatic amines is 1. The quantitative estimate of drug-likeness (QED) is 0.399. The first kappa shape index (κ1) is 19.4. The van der Waals surface area contributed by atoms with Gasteiger partial charge in [-0.15, -0.1) is 0 Å². The number of hydrogen-bond acceptors (Lipinski definition) is 10. The minimum absolute atomic E-state index is 0.0310. The van der Waals surface area contributed by atoms with Crippen molar-refractivity contribution in [1.29, 1.82) is 0 Å². The van der Waals surface area contributed by atoms with Gasteiger partial charge in [-0.2, -0.15) is 9.97 Å². The van der Waals surface area contributed by atoms with Crippen LogP contribution in [0.15, 0.2) is 23.0 Å². The fourth-order valence-electron chi connectivity index (χ4n) is 2.60. The molecule has 1 aliphatic heterocycles. The van der Waals surface area contributed by atoms with Crippen molar-refractivity contribution in [2.24, 2.45) is 0 Å². The molecule has 0 aliphatic carbocycles. The first-order valence-corrected chi connectivity index (χ1v) is 9.68.